The molecule has 0 unspecified atom stereocenters. The summed E-state index contributed by atoms with van der Waals surface area (Å²) >= 11 is 0. The van der Waals surface area contributed by atoms with Crippen LogP contribution in [0.2, 0.25) is 0 Å². The predicted molar refractivity (Wildman–Crippen MR) is 104 cm³/mol. The lowest BCUT2D eigenvalue weighted by Gasteiger charge is -2.23. The normalized spacial score (nSPS) is 11.3. The summed E-state index contributed by atoms with van der Waals surface area (Å²) in [5.74, 6) is 0. The molecular formula is C23H23N. The SMILES string of the molecule is CN(/C(=C/CCc1ccccc1)c1ccccc1)c1ccccc1. The molecule has 0 aliphatic rings. The maximum atomic E-state index is 2.34. The van der Waals surface area contributed by atoms with Gasteiger partial charge in [0.1, 0.15) is 0 Å². The van der Waals surface area contributed by atoms with E-state index in [4.69, 9.17) is 0 Å². The quantitative estimate of drug-likeness (QED) is 0.556. The van der Waals surface area contributed by atoms with E-state index in [9.17, 15) is 0 Å². The van der Waals surface area contributed by atoms with Crippen LogP contribution >= 0.6 is 0 Å². The first kappa shape index (κ1) is 16.1. The van der Waals surface area contributed by atoms with Crippen molar-refractivity contribution in [3.63, 3.8) is 0 Å². The minimum absolute atomic E-state index is 1.02. The van der Waals surface area contributed by atoms with Gasteiger partial charge >= 0.3 is 0 Å². The fraction of sp³-hybridized carbons (Fsp3) is 0.130. The summed E-state index contributed by atoms with van der Waals surface area (Å²) in [5, 5.41) is 0. The van der Waals surface area contributed by atoms with Crippen molar-refractivity contribution < 1.29 is 0 Å². The molecule has 0 fully saturated rings. The van der Waals surface area contributed by atoms with Gasteiger partial charge in [0.25, 0.3) is 0 Å². The molecule has 3 aromatic rings. The van der Waals surface area contributed by atoms with Crippen molar-refractivity contribution in [1.82, 2.24) is 0 Å². The third kappa shape index (κ3) is 4.14. The Morgan fingerprint density at radius 2 is 1.29 bits per heavy atom. The predicted octanol–water partition coefficient (Wildman–Crippen LogP) is 5.80. The Balaban J connectivity index is 1.83. The van der Waals surface area contributed by atoms with Crippen molar-refractivity contribution in [3.05, 3.63) is 108 Å². The van der Waals surface area contributed by atoms with Crippen molar-refractivity contribution in [2.45, 2.75) is 12.8 Å². The first-order chi connectivity index (χ1) is 11.8. The van der Waals surface area contributed by atoms with Crippen molar-refractivity contribution in [1.29, 1.82) is 0 Å². The zero-order valence-corrected chi connectivity index (χ0v) is 14.1. The highest BCUT2D eigenvalue weighted by Crippen LogP contribution is 2.25. The number of hydrogen-bond acceptors (Lipinski definition) is 1. The van der Waals surface area contributed by atoms with Gasteiger partial charge in [-0.25, -0.2) is 0 Å². The monoisotopic (exact) mass is 313 g/mol. The number of anilines is 1. The van der Waals surface area contributed by atoms with E-state index in [0.29, 0.717) is 0 Å². The second-order valence-corrected chi connectivity index (χ2v) is 5.87. The van der Waals surface area contributed by atoms with Crippen molar-refractivity contribution >= 4 is 11.4 Å². The molecule has 24 heavy (non-hydrogen) atoms. The van der Waals surface area contributed by atoms with Crippen LogP contribution < -0.4 is 4.90 Å². The molecule has 0 aliphatic carbocycles. The Labute approximate surface area is 144 Å². The van der Waals surface area contributed by atoms with E-state index in [2.05, 4.69) is 109 Å². The van der Waals surface area contributed by atoms with Gasteiger partial charge in [0.15, 0.2) is 0 Å². The van der Waals surface area contributed by atoms with Gasteiger partial charge in [-0.05, 0) is 36.1 Å². The molecule has 0 atom stereocenters. The fourth-order valence-electron chi connectivity index (χ4n) is 2.87. The maximum absolute atomic E-state index is 2.34. The Bertz CT molecular complexity index is 761. The van der Waals surface area contributed by atoms with Gasteiger partial charge in [-0.2, -0.15) is 0 Å². The van der Waals surface area contributed by atoms with E-state index in [0.717, 1.165) is 12.8 Å². The summed E-state index contributed by atoms with van der Waals surface area (Å²) in [6, 6.07) is 31.8. The first-order valence-electron chi connectivity index (χ1n) is 8.43. The molecule has 0 bridgehead atoms. The van der Waals surface area contributed by atoms with Crippen LogP contribution in [0.1, 0.15) is 17.5 Å². The van der Waals surface area contributed by atoms with Crippen molar-refractivity contribution in [2.24, 2.45) is 0 Å². The number of para-hydroxylation sites is 1. The summed E-state index contributed by atoms with van der Waals surface area (Å²) in [6.45, 7) is 0. The number of nitrogens with zero attached hydrogens (tertiary/aromatic N) is 1. The third-order valence-electron chi connectivity index (χ3n) is 4.19. The minimum Gasteiger partial charge on any atom is -0.344 e. The molecule has 120 valence electrons. The fourth-order valence-corrected chi connectivity index (χ4v) is 2.87. The summed E-state index contributed by atoms with van der Waals surface area (Å²) < 4.78 is 0. The van der Waals surface area contributed by atoms with Crippen molar-refractivity contribution in [2.75, 3.05) is 11.9 Å². The molecule has 0 aromatic heterocycles. The average molecular weight is 313 g/mol. The standard InChI is InChI=1S/C23H23N/c1-24(22-17-9-4-10-18-22)23(21-15-7-3-8-16-21)19-11-14-20-12-5-2-6-13-20/h2-10,12-13,15-19H,11,14H2,1H3/b23-19+. The van der Waals surface area contributed by atoms with E-state index in [1.807, 2.05) is 0 Å². The zero-order chi connectivity index (χ0) is 16.6. The number of aryl methyl sites for hydroxylation is 1. The van der Waals surface area contributed by atoms with Crippen LogP contribution in [-0.4, -0.2) is 7.05 Å². The van der Waals surface area contributed by atoms with E-state index >= 15 is 0 Å². The number of rotatable bonds is 6. The van der Waals surface area contributed by atoms with Crippen LogP contribution in [0.25, 0.3) is 5.70 Å². The molecule has 0 heterocycles. The number of hydrogen-bond donors (Lipinski definition) is 0. The van der Waals surface area contributed by atoms with Gasteiger partial charge in [-0.1, -0.05) is 84.9 Å². The van der Waals surface area contributed by atoms with Gasteiger partial charge in [0.2, 0.25) is 0 Å². The third-order valence-corrected chi connectivity index (χ3v) is 4.19. The second-order valence-electron chi connectivity index (χ2n) is 5.87. The van der Waals surface area contributed by atoms with E-state index in [-0.39, 0.29) is 0 Å². The molecule has 1 nitrogen and oxygen atoms in total. The van der Waals surface area contributed by atoms with Gasteiger partial charge in [0.05, 0.1) is 0 Å². The van der Waals surface area contributed by atoms with Gasteiger partial charge in [-0.3, -0.25) is 0 Å². The van der Waals surface area contributed by atoms with Gasteiger partial charge in [0, 0.05) is 18.4 Å². The van der Waals surface area contributed by atoms with Gasteiger partial charge < -0.3 is 4.90 Å². The summed E-state index contributed by atoms with van der Waals surface area (Å²) in [4.78, 5) is 2.26. The highest BCUT2D eigenvalue weighted by molar-refractivity contribution is 5.78. The number of allylic oxidation sites excluding steroid dienone is 1. The lowest BCUT2D eigenvalue weighted by atomic mass is 10.1. The smallest absolute Gasteiger partial charge is 0.0441 e. The Morgan fingerprint density at radius 3 is 1.92 bits per heavy atom. The average Bonchev–Trinajstić information content (AvgIpc) is 2.67. The van der Waals surface area contributed by atoms with Crippen LogP contribution in [0.3, 0.4) is 0 Å². The lowest BCUT2D eigenvalue weighted by Crippen LogP contribution is -2.15. The van der Waals surface area contributed by atoms with Crippen LogP contribution in [0.5, 0.6) is 0 Å². The molecule has 3 rings (SSSR count). The topological polar surface area (TPSA) is 3.24 Å². The highest BCUT2D eigenvalue weighted by Gasteiger charge is 2.08. The molecular weight excluding hydrogens is 290 g/mol. The molecule has 0 saturated heterocycles. The molecule has 0 saturated carbocycles. The van der Waals surface area contributed by atoms with E-state index in [1.165, 1.54) is 22.5 Å². The van der Waals surface area contributed by atoms with Gasteiger partial charge in [-0.15, -0.1) is 0 Å². The highest BCUT2D eigenvalue weighted by atomic mass is 15.1. The zero-order valence-electron chi connectivity index (χ0n) is 14.1. The molecule has 0 amide bonds. The Hall–Kier alpha value is -2.80. The summed E-state index contributed by atoms with van der Waals surface area (Å²) in [7, 11) is 2.14. The molecule has 0 aliphatic heterocycles. The van der Waals surface area contributed by atoms with Crippen molar-refractivity contribution in [3.8, 4) is 0 Å². The minimum atomic E-state index is 1.02. The molecule has 3 aromatic carbocycles. The molecule has 0 spiro atoms. The van der Waals surface area contributed by atoms with Crippen LogP contribution in [0.4, 0.5) is 5.69 Å². The van der Waals surface area contributed by atoms with Crippen LogP contribution in [0, 0.1) is 0 Å². The lowest BCUT2D eigenvalue weighted by molar-refractivity contribution is 0.996. The van der Waals surface area contributed by atoms with E-state index < -0.39 is 0 Å². The molecule has 1 heteroatoms. The molecule has 0 N–H and O–H groups in total. The largest absolute Gasteiger partial charge is 0.344 e. The second kappa shape index (κ2) is 8.16. The summed E-state index contributed by atoms with van der Waals surface area (Å²) in [5.41, 5.74) is 5.07. The molecule has 0 radical (unpaired) electrons. The first-order valence-corrected chi connectivity index (χ1v) is 8.43. The van der Waals surface area contributed by atoms with E-state index in [1.54, 1.807) is 0 Å². The summed E-state index contributed by atoms with van der Waals surface area (Å²) in [6.07, 6.45) is 4.42. The van der Waals surface area contributed by atoms with Crippen LogP contribution in [0.15, 0.2) is 97.1 Å². The Kier molecular flexibility index (Phi) is 5.47. The maximum Gasteiger partial charge on any atom is 0.0441 e. The van der Waals surface area contributed by atoms with Crippen LogP contribution in [-0.2, 0) is 6.42 Å². The number of benzene rings is 3. The Morgan fingerprint density at radius 1 is 0.750 bits per heavy atom.